The second-order valence-electron chi connectivity index (χ2n) is 4.21. The summed E-state index contributed by atoms with van der Waals surface area (Å²) in [6.07, 6.45) is 0. The van der Waals surface area contributed by atoms with Crippen LogP contribution < -0.4 is 10.6 Å². The van der Waals surface area contributed by atoms with Crippen LogP contribution >= 0.6 is 13.5 Å². The molecule has 2 aromatic rings. The SMILES string of the molecule is C[C@H](NC(=O)Nc1ccccc1F)c1ccccc1.S. The Morgan fingerprint density at radius 2 is 1.65 bits per heavy atom. The highest BCUT2D eigenvalue weighted by atomic mass is 32.1. The highest BCUT2D eigenvalue weighted by molar-refractivity contribution is 7.59. The maximum Gasteiger partial charge on any atom is 0.319 e. The Kier molecular flexibility index (Phi) is 6.06. The minimum Gasteiger partial charge on any atom is -0.331 e. The van der Waals surface area contributed by atoms with Crippen LogP contribution in [0.25, 0.3) is 0 Å². The van der Waals surface area contributed by atoms with E-state index in [9.17, 15) is 9.18 Å². The molecule has 0 saturated carbocycles. The van der Waals surface area contributed by atoms with Crippen molar-refractivity contribution >= 4 is 25.2 Å². The second-order valence-corrected chi connectivity index (χ2v) is 4.21. The van der Waals surface area contributed by atoms with Gasteiger partial charge in [0.1, 0.15) is 5.82 Å². The predicted octanol–water partition coefficient (Wildman–Crippen LogP) is 3.82. The Bertz CT molecular complexity index is 563. The van der Waals surface area contributed by atoms with E-state index >= 15 is 0 Å². The normalized spacial score (nSPS) is 11.1. The fraction of sp³-hybridized carbons (Fsp3) is 0.133. The molecular formula is C15H17FN2OS. The molecule has 0 spiro atoms. The van der Waals surface area contributed by atoms with Crippen LogP contribution in [0.1, 0.15) is 18.5 Å². The minimum atomic E-state index is -0.454. The molecule has 0 aliphatic heterocycles. The first-order chi connectivity index (χ1) is 9.16. The summed E-state index contributed by atoms with van der Waals surface area (Å²) < 4.78 is 13.4. The number of para-hydroxylation sites is 1. The molecule has 5 heteroatoms. The molecule has 20 heavy (non-hydrogen) atoms. The van der Waals surface area contributed by atoms with Crippen molar-refractivity contribution in [3.05, 3.63) is 66.0 Å². The number of nitrogens with one attached hydrogen (secondary N) is 2. The zero-order chi connectivity index (χ0) is 13.7. The molecule has 0 heterocycles. The molecule has 1 atom stereocenters. The van der Waals surface area contributed by atoms with Crippen LogP contribution in [0.15, 0.2) is 54.6 Å². The number of carbonyl (C=O) groups excluding carboxylic acids is 1. The number of amides is 2. The van der Waals surface area contributed by atoms with Gasteiger partial charge in [-0.25, -0.2) is 9.18 Å². The average molecular weight is 292 g/mol. The molecule has 0 aromatic heterocycles. The van der Waals surface area contributed by atoms with E-state index in [1.54, 1.807) is 12.1 Å². The zero-order valence-electron chi connectivity index (χ0n) is 11.1. The second kappa shape index (κ2) is 7.55. The lowest BCUT2D eigenvalue weighted by Crippen LogP contribution is -2.31. The van der Waals surface area contributed by atoms with E-state index in [1.165, 1.54) is 12.1 Å². The third-order valence-electron chi connectivity index (χ3n) is 2.77. The molecule has 106 valence electrons. The first kappa shape index (κ1) is 16.0. The van der Waals surface area contributed by atoms with Crippen LogP contribution in [0, 0.1) is 5.82 Å². The molecule has 2 N–H and O–H groups in total. The summed E-state index contributed by atoms with van der Waals surface area (Å²) in [6, 6.07) is 15.1. The van der Waals surface area contributed by atoms with Gasteiger partial charge in [-0.1, -0.05) is 42.5 Å². The van der Waals surface area contributed by atoms with E-state index in [-0.39, 0.29) is 25.2 Å². The molecule has 0 radical (unpaired) electrons. The Hall–Kier alpha value is -2.01. The Balaban J connectivity index is 0.00000200. The van der Waals surface area contributed by atoms with E-state index in [2.05, 4.69) is 10.6 Å². The van der Waals surface area contributed by atoms with Gasteiger partial charge in [0.25, 0.3) is 0 Å². The first-order valence-corrected chi connectivity index (χ1v) is 6.04. The average Bonchev–Trinajstić information content (AvgIpc) is 2.42. The third-order valence-corrected chi connectivity index (χ3v) is 2.77. The van der Waals surface area contributed by atoms with Crippen molar-refractivity contribution in [3.63, 3.8) is 0 Å². The maximum atomic E-state index is 13.4. The van der Waals surface area contributed by atoms with Crippen LogP contribution in [0.4, 0.5) is 14.9 Å². The molecule has 0 saturated heterocycles. The lowest BCUT2D eigenvalue weighted by Gasteiger charge is -2.15. The number of carbonyl (C=O) groups is 1. The number of anilines is 1. The number of urea groups is 1. The van der Waals surface area contributed by atoms with Gasteiger partial charge in [0.2, 0.25) is 0 Å². The van der Waals surface area contributed by atoms with Crippen molar-refractivity contribution in [1.82, 2.24) is 5.32 Å². The molecule has 2 amide bonds. The largest absolute Gasteiger partial charge is 0.331 e. The molecule has 2 aromatic carbocycles. The summed E-state index contributed by atoms with van der Waals surface area (Å²) in [6.45, 7) is 1.87. The van der Waals surface area contributed by atoms with Crippen LogP contribution in [-0.4, -0.2) is 6.03 Å². The number of halogens is 1. The Morgan fingerprint density at radius 3 is 2.30 bits per heavy atom. The highest BCUT2D eigenvalue weighted by Crippen LogP contribution is 2.14. The molecule has 3 nitrogen and oxygen atoms in total. The van der Waals surface area contributed by atoms with Gasteiger partial charge in [-0.3, -0.25) is 0 Å². The number of benzene rings is 2. The van der Waals surface area contributed by atoms with Gasteiger partial charge in [0.15, 0.2) is 0 Å². The molecule has 0 fully saturated rings. The molecule has 0 aliphatic carbocycles. The van der Waals surface area contributed by atoms with Gasteiger partial charge in [-0.05, 0) is 24.6 Å². The third kappa shape index (κ3) is 4.28. The van der Waals surface area contributed by atoms with Gasteiger partial charge >= 0.3 is 6.03 Å². The maximum absolute atomic E-state index is 13.4. The molecule has 0 bridgehead atoms. The van der Waals surface area contributed by atoms with Gasteiger partial charge in [0, 0.05) is 0 Å². The van der Waals surface area contributed by atoms with E-state index < -0.39 is 11.8 Å². The molecule has 0 aliphatic rings. The van der Waals surface area contributed by atoms with Gasteiger partial charge in [0.05, 0.1) is 11.7 Å². The number of rotatable bonds is 3. The van der Waals surface area contributed by atoms with Crippen LogP contribution in [0.3, 0.4) is 0 Å². The lowest BCUT2D eigenvalue weighted by molar-refractivity contribution is 0.249. The number of hydrogen-bond donors (Lipinski definition) is 2. The predicted molar refractivity (Wildman–Crippen MR) is 83.8 cm³/mol. The van der Waals surface area contributed by atoms with Crippen molar-refractivity contribution in [2.45, 2.75) is 13.0 Å². The molecule has 2 rings (SSSR count). The Labute approximate surface area is 124 Å². The topological polar surface area (TPSA) is 41.1 Å². The molecular weight excluding hydrogens is 275 g/mol. The fourth-order valence-corrected chi connectivity index (χ4v) is 1.74. The van der Waals surface area contributed by atoms with Gasteiger partial charge in [-0.2, -0.15) is 13.5 Å². The van der Waals surface area contributed by atoms with Crippen molar-refractivity contribution in [1.29, 1.82) is 0 Å². The quantitative estimate of drug-likeness (QED) is 0.887. The summed E-state index contributed by atoms with van der Waals surface area (Å²) in [7, 11) is 0. The van der Waals surface area contributed by atoms with Gasteiger partial charge in [-0.15, -0.1) is 0 Å². The van der Waals surface area contributed by atoms with Crippen molar-refractivity contribution < 1.29 is 9.18 Å². The smallest absolute Gasteiger partial charge is 0.319 e. The minimum absolute atomic E-state index is 0. The van der Waals surface area contributed by atoms with Crippen LogP contribution in [-0.2, 0) is 0 Å². The van der Waals surface area contributed by atoms with E-state index in [0.29, 0.717) is 0 Å². The summed E-state index contributed by atoms with van der Waals surface area (Å²) in [5.41, 5.74) is 1.16. The van der Waals surface area contributed by atoms with Gasteiger partial charge < -0.3 is 10.6 Å². The Morgan fingerprint density at radius 1 is 1.05 bits per heavy atom. The monoisotopic (exact) mass is 292 g/mol. The first-order valence-electron chi connectivity index (χ1n) is 6.04. The highest BCUT2D eigenvalue weighted by Gasteiger charge is 2.10. The van der Waals surface area contributed by atoms with Crippen molar-refractivity contribution in [3.8, 4) is 0 Å². The van der Waals surface area contributed by atoms with E-state index in [0.717, 1.165) is 5.56 Å². The summed E-state index contributed by atoms with van der Waals surface area (Å²) in [5.74, 6) is -0.454. The molecule has 0 unspecified atom stereocenters. The summed E-state index contributed by atoms with van der Waals surface area (Å²) >= 11 is 0. The van der Waals surface area contributed by atoms with Crippen molar-refractivity contribution in [2.75, 3.05) is 5.32 Å². The number of hydrogen-bond acceptors (Lipinski definition) is 1. The summed E-state index contributed by atoms with van der Waals surface area (Å²) in [4.78, 5) is 11.8. The van der Waals surface area contributed by atoms with Crippen LogP contribution in [0.5, 0.6) is 0 Å². The standard InChI is InChI=1S/C15H15FN2O.H2S/c1-11(12-7-3-2-4-8-12)17-15(19)18-14-10-6-5-9-13(14)16;/h2-11H,1H3,(H2,17,18,19);1H2/t11-;/m0./s1. The van der Waals surface area contributed by atoms with Crippen molar-refractivity contribution in [2.24, 2.45) is 0 Å². The van der Waals surface area contributed by atoms with Crippen LogP contribution in [0.2, 0.25) is 0 Å². The fourth-order valence-electron chi connectivity index (χ4n) is 1.74. The van der Waals surface area contributed by atoms with E-state index in [1.807, 2.05) is 37.3 Å². The summed E-state index contributed by atoms with van der Waals surface area (Å²) in [5, 5.41) is 5.24. The van der Waals surface area contributed by atoms with E-state index in [4.69, 9.17) is 0 Å². The lowest BCUT2D eigenvalue weighted by atomic mass is 10.1. The zero-order valence-corrected chi connectivity index (χ0v) is 12.1.